The number of rotatable bonds is 8. The average molecular weight is 511 g/mol. The molecule has 0 fully saturated rings. The monoisotopic (exact) mass is 510 g/mol. The maximum atomic E-state index is 10.6. The second-order valence-electron chi connectivity index (χ2n) is 8.34. The Balaban J connectivity index is 0.000000479. The minimum Gasteiger partial charge on any atom is -0.496 e. The van der Waals surface area contributed by atoms with Gasteiger partial charge in [0.15, 0.2) is 0 Å². The summed E-state index contributed by atoms with van der Waals surface area (Å²) in [6, 6.07) is 27.5. The van der Waals surface area contributed by atoms with Crippen LogP contribution in [0.4, 0.5) is 13.2 Å². The number of aliphatic carboxylic acids is 1. The molecule has 0 saturated heterocycles. The number of hydrogen-bond donors (Lipinski definition) is 1. The number of aromatic nitrogens is 2. The van der Waals surface area contributed by atoms with E-state index in [0.29, 0.717) is 0 Å². The summed E-state index contributed by atoms with van der Waals surface area (Å²) in [6.45, 7) is 3.04. The summed E-state index contributed by atoms with van der Waals surface area (Å²) in [7, 11) is 1.72. The van der Waals surface area contributed by atoms with Crippen LogP contribution in [0, 0.1) is 0 Å². The molecule has 0 radical (unpaired) electrons. The third-order valence-corrected chi connectivity index (χ3v) is 5.73. The highest BCUT2D eigenvalue weighted by molar-refractivity contribution is 5.73. The van der Waals surface area contributed by atoms with E-state index in [1.807, 2.05) is 30.6 Å². The van der Waals surface area contributed by atoms with Crippen LogP contribution in [0.2, 0.25) is 0 Å². The molecule has 4 aromatic rings. The lowest BCUT2D eigenvalue weighted by Gasteiger charge is -2.12. The number of hydrogen-bond acceptors (Lipinski definition) is 3. The van der Waals surface area contributed by atoms with Crippen molar-refractivity contribution < 1.29 is 27.8 Å². The highest BCUT2D eigenvalue weighted by Gasteiger charge is 2.38. The van der Waals surface area contributed by atoms with E-state index >= 15 is 0 Å². The quantitative estimate of drug-likeness (QED) is 0.271. The molecule has 0 aliphatic rings. The van der Waals surface area contributed by atoms with Gasteiger partial charge in [0.1, 0.15) is 5.75 Å². The minimum atomic E-state index is -5.08. The van der Waals surface area contributed by atoms with Gasteiger partial charge < -0.3 is 14.4 Å². The minimum absolute atomic E-state index is 0.816. The van der Waals surface area contributed by atoms with Gasteiger partial charge in [0.05, 0.1) is 19.1 Å². The molecule has 5 nitrogen and oxygen atoms in total. The maximum Gasteiger partial charge on any atom is 0.490 e. The molecule has 0 atom stereocenters. The van der Waals surface area contributed by atoms with E-state index in [9.17, 15) is 13.2 Å². The Kier molecular flexibility index (Phi) is 9.49. The van der Waals surface area contributed by atoms with Gasteiger partial charge in [0, 0.05) is 17.8 Å². The number of benzene rings is 3. The Hall–Kier alpha value is -4.07. The van der Waals surface area contributed by atoms with Gasteiger partial charge in [-0.2, -0.15) is 13.2 Å². The molecule has 1 N–H and O–H groups in total. The van der Waals surface area contributed by atoms with Crippen LogP contribution in [0.25, 0.3) is 22.4 Å². The van der Waals surface area contributed by atoms with E-state index in [4.69, 9.17) is 19.6 Å². The molecule has 1 aromatic heterocycles. The van der Waals surface area contributed by atoms with Gasteiger partial charge in [-0.05, 0) is 41.7 Å². The van der Waals surface area contributed by atoms with Crippen LogP contribution in [-0.4, -0.2) is 33.9 Å². The number of halogens is 3. The van der Waals surface area contributed by atoms with Crippen LogP contribution < -0.4 is 4.74 Å². The van der Waals surface area contributed by atoms with Crippen molar-refractivity contribution in [1.29, 1.82) is 0 Å². The lowest BCUT2D eigenvalue weighted by Crippen LogP contribution is -2.21. The SMILES string of the molecule is CCCCc1c(-c2ccccc2OC)ncn1Cc1ccc(-c2ccccc2)cc1.O=C(O)C(F)(F)F. The smallest absolute Gasteiger partial charge is 0.490 e. The van der Waals surface area contributed by atoms with Crippen molar-refractivity contribution in [2.75, 3.05) is 7.11 Å². The van der Waals surface area contributed by atoms with Gasteiger partial charge in [-0.25, -0.2) is 9.78 Å². The fraction of sp³-hybridized carbons (Fsp3) is 0.241. The predicted octanol–water partition coefficient (Wildman–Crippen LogP) is 7.25. The highest BCUT2D eigenvalue weighted by Crippen LogP contribution is 2.32. The number of nitrogens with zero attached hydrogens (tertiary/aromatic N) is 2. The number of ether oxygens (including phenoxy) is 1. The van der Waals surface area contributed by atoms with Crippen LogP contribution >= 0.6 is 0 Å². The van der Waals surface area contributed by atoms with Crippen molar-refractivity contribution in [2.24, 2.45) is 0 Å². The molecule has 8 heteroatoms. The largest absolute Gasteiger partial charge is 0.496 e. The predicted molar refractivity (Wildman–Crippen MR) is 137 cm³/mol. The van der Waals surface area contributed by atoms with Gasteiger partial charge in [-0.1, -0.05) is 80.1 Å². The fourth-order valence-corrected chi connectivity index (χ4v) is 3.85. The summed E-state index contributed by atoms with van der Waals surface area (Å²) in [6.07, 6.45) is 0.187. The first-order valence-electron chi connectivity index (χ1n) is 11.9. The van der Waals surface area contributed by atoms with Crippen LogP contribution in [0.3, 0.4) is 0 Å². The van der Waals surface area contributed by atoms with Crippen molar-refractivity contribution in [1.82, 2.24) is 9.55 Å². The summed E-state index contributed by atoms with van der Waals surface area (Å²) >= 11 is 0. The number of carboxylic acids is 1. The van der Waals surface area contributed by atoms with Crippen LogP contribution in [0.15, 0.2) is 85.2 Å². The summed E-state index contributed by atoms with van der Waals surface area (Å²) in [5, 5.41) is 7.12. The van der Waals surface area contributed by atoms with Gasteiger partial charge in [-0.3, -0.25) is 0 Å². The first-order chi connectivity index (χ1) is 17.7. The molecule has 37 heavy (non-hydrogen) atoms. The number of para-hydroxylation sites is 1. The van der Waals surface area contributed by atoms with Crippen LogP contribution in [-0.2, 0) is 17.8 Å². The van der Waals surface area contributed by atoms with Crippen molar-refractivity contribution in [3.8, 4) is 28.1 Å². The number of unbranched alkanes of at least 4 members (excludes halogenated alkanes) is 1. The van der Waals surface area contributed by atoms with E-state index in [0.717, 1.165) is 42.8 Å². The Morgan fingerprint density at radius 3 is 2.14 bits per heavy atom. The summed E-state index contributed by atoms with van der Waals surface area (Å²) in [5.74, 6) is -1.89. The molecule has 0 aliphatic heterocycles. The number of alkyl halides is 3. The molecule has 0 amide bonds. The number of carbonyl (C=O) groups is 1. The Morgan fingerprint density at radius 2 is 1.54 bits per heavy atom. The molecule has 0 aliphatic carbocycles. The molecule has 4 rings (SSSR count). The Bertz CT molecular complexity index is 1280. The van der Waals surface area contributed by atoms with Crippen molar-refractivity contribution >= 4 is 5.97 Å². The summed E-state index contributed by atoms with van der Waals surface area (Å²) < 4.78 is 39.6. The van der Waals surface area contributed by atoms with Crippen LogP contribution in [0.5, 0.6) is 5.75 Å². The second kappa shape index (κ2) is 12.8. The molecular formula is C29H29F3N2O3. The number of methoxy groups -OCH3 is 1. The maximum absolute atomic E-state index is 10.6. The van der Waals surface area contributed by atoms with E-state index in [2.05, 4.69) is 66.1 Å². The molecule has 1 heterocycles. The van der Waals surface area contributed by atoms with Crippen molar-refractivity contribution in [3.63, 3.8) is 0 Å². The fourth-order valence-electron chi connectivity index (χ4n) is 3.85. The van der Waals surface area contributed by atoms with Gasteiger partial charge in [-0.15, -0.1) is 0 Å². The van der Waals surface area contributed by atoms with Gasteiger partial charge in [0.2, 0.25) is 0 Å². The zero-order chi connectivity index (χ0) is 26.8. The standard InChI is InChI=1S/C27H28N2O.C2HF3O2/c1-3-4-13-25-27(24-12-8-9-14-26(24)30-2)28-20-29(25)19-21-15-17-23(18-16-21)22-10-6-5-7-11-22;3-2(4,5)1(6)7/h5-12,14-18,20H,3-4,13,19H2,1-2H3;(H,6,7). The van der Waals surface area contributed by atoms with Crippen molar-refractivity contribution in [3.05, 3.63) is 96.4 Å². The lowest BCUT2D eigenvalue weighted by atomic mass is 10.0. The Morgan fingerprint density at radius 1 is 0.946 bits per heavy atom. The molecule has 0 unspecified atom stereocenters. The second-order valence-corrected chi connectivity index (χ2v) is 8.34. The zero-order valence-electron chi connectivity index (χ0n) is 20.7. The van der Waals surface area contributed by atoms with E-state index in [1.165, 1.54) is 22.4 Å². The molecule has 0 saturated carbocycles. The Labute approximate surface area is 214 Å². The molecule has 0 spiro atoms. The summed E-state index contributed by atoms with van der Waals surface area (Å²) in [4.78, 5) is 13.7. The average Bonchev–Trinajstić information content (AvgIpc) is 3.30. The third-order valence-electron chi connectivity index (χ3n) is 5.73. The van der Waals surface area contributed by atoms with Gasteiger partial charge >= 0.3 is 12.1 Å². The summed E-state index contributed by atoms with van der Waals surface area (Å²) in [5.41, 5.74) is 7.12. The lowest BCUT2D eigenvalue weighted by molar-refractivity contribution is -0.192. The van der Waals surface area contributed by atoms with Crippen LogP contribution in [0.1, 0.15) is 31.0 Å². The normalized spacial score (nSPS) is 10.9. The van der Waals surface area contributed by atoms with Gasteiger partial charge in [0.25, 0.3) is 0 Å². The highest BCUT2D eigenvalue weighted by atomic mass is 19.4. The van der Waals surface area contributed by atoms with E-state index in [-0.39, 0.29) is 0 Å². The zero-order valence-corrected chi connectivity index (χ0v) is 20.7. The molecule has 0 bridgehead atoms. The first kappa shape index (κ1) is 27.5. The molecule has 3 aromatic carbocycles. The van der Waals surface area contributed by atoms with E-state index in [1.54, 1.807) is 7.11 Å². The number of imidazole rings is 1. The first-order valence-corrected chi connectivity index (χ1v) is 11.9. The molecular weight excluding hydrogens is 481 g/mol. The topological polar surface area (TPSA) is 64.4 Å². The third kappa shape index (κ3) is 7.46. The molecule has 194 valence electrons. The van der Waals surface area contributed by atoms with E-state index < -0.39 is 12.1 Å². The number of carboxylic acid groups (broad SMARTS) is 1. The van der Waals surface area contributed by atoms with Crippen molar-refractivity contribution in [2.45, 2.75) is 38.9 Å².